The van der Waals surface area contributed by atoms with E-state index >= 15 is 0 Å². The molecule has 1 amide bonds. The minimum absolute atomic E-state index is 0.0187. The van der Waals surface area contributed by atoms with Crippen molar-refractivity contribution in [2.45, 2.75) is 44.4 Å². The van der Waals surface area contributed by atoms with E-state index in [4.69, 9.17) is 21.3 Å². The Morgan fingerprint density at radius 1 is 1.15 bits per heavy atom. The van der Waals surface area contributed by atoms with Gasteiger partial charge in [-0.3, -0.25) is 19.9 Å². The number of carbonyl (C=O) groups is 1. The summed E-state index contributed by atoms with van der Waals surface area (Å²) >= 11 is 6.04. The van der Waals surface area contributed by atoms with E-state index in [-0.39, 0.29) is 29.4 Å². The van der Waals surface area contributed by atoms with Crippen LogP contribution in [0.3, 0.4) is 0 Å². The summed E-state index contributed by atoms with van der Waals surface area (Å²) in [6.07, 6.45) is 7.49. The van der Waals surface area contributed by atoms with Crippen molar-refractivity contribution in [2.24, 2.45) is 0 Å². The highest BCUT2D eigenvalue weighted by Gasteiger charge is 2.30. The lowest BCUT2D eigenvalue weighted by Gasteiger charge is -2.32. The Bertz CT molecular complexity index is 1660. The first-order valence-corrected chi connectivity index (χ1v) is 13.0. The smallest absolute Gasteiger partial charge is 0.387 e. The molecule has 4 heterocycles. The molecule has 5 aromatic rings. The molecular formula is C27H23ClF2N8O2. The third-order valence-corrected chi connectivity index (χ3v) is 7.11. The van der Waals surface area contributed by atoms with Crippen LogP contribution in [0.4, 0.5) is 8.78 Å². The molecule has 1 aliphatic carbocycles. The van der Waals surface area contributed by atoms with Crippen LogP contribution in [0.1, 0.15) is 42.2 Å². The van der Waals surface area contributed by atoms with Gasteiger partial charge in [0.05, 0.1) is 17.3 Å². The molecule has 1 aromatic carbocycles. The number of aromatic amines is 1. The molecule has 204 valence electrons. The van der Waals surface area contributed by atoms with Crippen molar-refractivity contribution in [3.63, 3.8) is 0 Å². The first-order chi connectivity index (χ1) is 19.5. The van der Waals surface area contributed by atoms with Crippen LogP contribution < -0.4 is 10.1 Å². The lowest BCUT2D eigenvalue weighted by atomic mass is 9.90. The Morgan fingerprint density at radius 3 is 2.83 bits per heavy atom. The number of halogens is 3. The molecule has 1 fully saturated rings. The van der Waals surface area contributed by atoms with Crippen molar-refractivity contribution >= 4 is 28.5 Å². The summed E-state index contributed by atoms with van der Waals surface area (Å²) in [5.74, 6) is 0.665. The minimum atomic E-state index is -2.99. The van der Waals surface area contributed by atoms with Gasteiger partial charge in [-0.15, -0.1) is 0 Å². The van der Waals surface area contributed by atoms with Crippen LogP contribution in [0.15, 0.2) is 61.2 Å². The minimum Gasteiger partial charge on any atom is -0.434 e. The van der Waals surface area contributed by atoms with Crippen molar-refractivity contribution < 1.29 is 18.3 Å². The largest absolute Gasteiger partial charge is 0.434 e. The van der Waals surface area contributed by atoms with Gasteiger partial charge >= 0.3 is 6.61 Å². The predicted octanol–water partition coefficient (Wildman–Crippen LogP) is 5.45. The number of imidazole rings is 1. The number of pyridine rings is 2. The van der Waals surface area contributed by atoms with Crippen molar-refractivity contribution in [3.8, 4) is 28.7 Å². The molecule has 10 nitrogen and oxygen atoms in total. The summed E-state index contributed by atoms with van der Waals surface area (Å²) in [5, 5.41) is 10.2. The van der Waals surface area contributed by atoms with E-state index in [2.05, 4.69) is 30.5 Å². The maximum atomic E-state index is 13.3. The van der Waals surface area contributed by atoms with E-state index in [0.717, 1.165) is 24.8 Å². The van der Waals surface area contributed by atoms with E-state index in [9.17, 15) is 13.6 Å². The molecule has 0 spiro atoms. The van der Waals surface area contributed by atoms with Crippen LogP contribution in [0.5, 0.6) is 5.75 Å². The van der Waals surface area contributed by atoms with Crippen molar-refractivity contribution in [2.75, 3.05) is 0 Å². The zero-order chi connectivity index (χ0) is 27.6. The van der Waals surface area contributed by atoms with E-state index < -0.39 is 6.61 Å². The number of para-hydroxylation sites is 1. The molecule has 6 rings (SSSR count). The first kappa shape index (κ1) is 25.8. The second-order valence-corrected chi connectivity index (χ2v) is 9.86. The van der Waals surface area contributed by atoms with Gasteiger partial charge in [-0.05, 0) is 56.0 Å². The van der Waals surface area contributed by atoms with E-state index in [1.54, 1.807) is 30.5 Å². The SMILES string of the molecule is O=C(N[C@H]1CCC[C@@H](n2c(-c3ccccc3OC(F)F)nc3cnc(-c4ncn[nH]4)cc32)C1)c1cc(Cl)ccn1. The summed E-state index contributed by atoms with van der Waals surface area (Å²) in [5.41, 5.74) is 2.55. The average Bonchev–Trinajstić information content (AvgIpc) is 3.61. The number of aromatic nitrogens is 7. The van der Waals surface area contributed by atoms with Gasteiger partial charge in [0.2, 0.25) is 0 Å². The summed E-state index contributed by atoms with van der Waals surface area (Å²) in [6, 6.07) is 11.3. The summed E-state index contributed by atoms with van der Waals surface area (Å²) in [7, 11) is 0. The normalized spacial score (nSPS) is 17.3. The molecule has 1 aliphatic rings. The zero-order valence-electron chi connectivity index (χ0n) is 21.0. The number of hydrogen-bond donors (Lipinski definition) is 2. The van der Waals surface area contributed by atoms with Gasteiger partial charge in [-0.25, -0.2) is 9.97 Å². The number of rotatable bonds is 7. The highest BCUT2D eigenvalue weighted by Crippen LogP contribution is 2.39. The molecule has 40 heavy (non-hydrogen) atoms. The van der Waals surface area contributed by atoms with Gasteiger partial charge in [0.1, 0.15) is 34.8 Å². The number of hydrogen-bond acceptors (Lipinski definition) is 7. The van der Waals surface area contributed by atoms with Crippen LogP contribution in [0.25, 0.3) is 33.9 Å². The fourth-order valence-electron chi connectivity index (χ4n) is 5.18. The molecule has 0 radical (unpaired) electrons. The number of fused-ring (bicyclic) bond motifs is 1. The van der Waals surface area contributed by atoms with Crippen LogP contribution >= 0.6 is 11.6 Å². The number of nitrogens with one attached hydrogen (secondary N) is 2. The van der Waals surface area contributed by atoms with Gasteiger partial charge in [0, 0.05) is 23.3 Å². The fraction of sp³-hybridized carbons (Fsp3) is 0.259. The molecule has 0 saturated heterocycles. The topological polar surface area (TPSA) is 124 Å². The standard InChI is InChI=1S/C27H23ClF2N8O2/c28-15-8-9-31-20(10-15)26(39)35-16-4-3-5-17(11-16)38-22-12-19(24-33-14-34-37-24)32-13-21(22)36-25(38)18-6-1-2-7-23(18)40-27(29)30/h1-2,6-10,12-14,16-17,27H,3-5,11H2,(H,35,39)(H,33,34,37)/t16-,17+/m0/s1. The van der Waals surface area contributed by atoms with E-state index in [0.29, 0.717) is 39.9 Å². The Balaban J connectivity index is 1.41. The number of amides is 1. The Kier molecular flexibility index (Phi) is 7.08. The average molecular weight is 565 g/mol. The molecule has 13 heteroatoms. The van der Waals surface area contributed by atoms with Gasteiger partial charge in [-0.1, -0.05) is 23.7 Å². The second kappa shape index (κ2) is 11.0. The molecule has 0 aliphatic heterocycles. The highest BCUT2D eigenvalue weighted by molar-refractivity contribution is 6.30. The Labute approximate surface area is 231 Å². The van der Waals surface area contributed by atoms with Crippen LogP contribution in [0, 0.1) is 0 Å². The lowest BCUT2D eigenvalue weighted by molar-refractivity contribution is -0.0494. The predicted molar refractivity (Wildman–Crippen MR) is 143 cm³/mol. The van der Waals surface area contributed by atoms with E-state index in [1.807, 2.05) is 10.6 Å². The number of benzene rings is 1. The zero-order valence-corrected chi connectivity index (χ0v) is 21.7. The number of alkyl halides is 2. The van der Waals surface area contributed by atoms with Crippen LogP contribution in [-0.2, 0) is 0 Å². The van der Waals surface area contributed by atoms with Gasteiger partial charge < -0.3 is 14.6 Å². The molecule has 4 aromatic heterocycles. The van der Waals surface area contributed by atoms with Crippen molar-refractivity contribution in [3.05, 3.63) is 71.9 Å². The second-order valence-electron chi connectivity index (χ2n) is 9.42. The summed E-state index contributed by atoms with van der Waals surface area (Å²) in [4.78, 5) is 30.5. The number of carbonyl (C=O) groups excluding carboxylic acids is 1. The summed E-state index contributed by atoms with van der Waals surface area (Å²) < 4.78 is 33.5. The molecule has 0 bridgehead atoms. The third kappa shape index (κ3) is 5.22. The monoisotopic (exact) mass is 564 g/mol. The van der Waals surface area contributed by atoms with Crippen molar-refractivity contribution in [1.29, 1.82) is 0 Å². The maximum absolute atomic E-state index is 13.3. The van der Waals surface area contributed by atoms with Gasteiger partial charge in [0.15, 0.2) is 5.82 Å². The van der Waals surface area contributed by atoms with E-state index in [1.165, 1.54) is 24.7 Å². The highest BCUT2D eigenvalue weighted by atomic mass is 35.5. The molecule has 0 unspecified atom stereocenters. The van der Waals surface area contributed by atoms with Crippen molar-refractivity contribution in [1.82, 2.24) is 40.0 Å². The van der Waals surface area contributed by atoms with Gasteiger partial charge in [0.25, 0.3) is 5.91 Å². The Hall–Kier alpha value is -4.45. The lowest BCUT2D eigenvalue weighted by Crippen LogP contribution is -2.39. The van der Waals surface area contributed by atoms with Crippen LogP contribution in [0.2, 0.25) is 5.02 Å². The van der Waals surface area contributed by atoms with Gasteiger partial charge in [-0.2, -0.15) is 13.9 Å². The quantitative estimate of drug-likeness (QED) is 0.269. The third-order valence-electron chi connectivity index (χ3n) is 6.88. The summed E-state index contributed by atoms with van der Waals surface area (Å²) in [6.45, 7) is -2.99. The number of nitrogens with zero attached hydrogens (tertiary/aromatic N) is 6. The molecule has 1 saturated carbocycles. The maximum Gasteiger partial charge on any atom is 0.387 e. The molecule has 2 N–H and O–H groups in total. The van der Waals surface area contributed by atoms with Crippen LogP contribution in [-0.4, -0.2) is 53.3 Å². The molecule has 2 atom stereocenters. The number of H-pyrrole nitrogens is 1. The fourth-order valence-corrected chi connectivity index (χ4v) is 5.34. The first-order valence-electron chi connectivity index (χ1n) is 12.7. The number of ether oxygens (including phenoxy) is 1. The Morgan fingerprint density at radius 2 is 2.02 bits per heavy atom. The molecular weight excluding hydrogens is 542 g/mol.